The lowest BCUT2D eigenvalue weighted by Crippen LogP contribution is -2.49. The van der Waals surface area contributed by atoms with Crippen molar-refractivity contribution in [2.45, 2.75) is 45.7 Å². The Morgan fingerprint density at radius 2 is 1.72 bits per heavy atom. The number of carbonyl (C=O) groups is 2. The summed E-state index contributed by atoms with van der Waals surface area (Å²) in [7, 11) is 0. The predicted molar refractivity (Wildman–Crippen MR) is 96.7 cm³/mol. The summed E-state index contributed by atoms with van der Waals surface area (Å²) in [6, 6.07) is 12.7. The van der Waals surface area contributed by atoms with Crippen LogP contribution in [0.4, 0.5) is 0 Å². The van der Waals surface area contributed by atoms with Crippen LogP contribution in [0.15, 0.2) is 53.1 Å². The second kappa shape index (κ2) is 9.67. The molecule has 2 rings (SSSR count). The quantitative estimate of drug-likeness (QED) is 0.736. The topological polar surface area (TPSA) is 71.3 Å². The van der Waals surface area contributed by atoms with E-state index in [0.29, 0.717) is 18.7 Å². The molecule has 2 amide bonds. The van der Waals surface area contributed by atoms with E-state index in [1.54, 1.807) is 18.4 Å². The van der Waals surface area contributed by atoms with E-state index >= 15 is 0 Å². The maximum Gasteiger partial charge on any atom is 0.243 e. The molecule has 25 heavy (non-hydrogen) atoms. The van der Waals surface area contributed by atoms with Crippen molar-refractivity contribution in [3.8, 4) is 0 Å². The summed E-state index contributed by atoms with van der Waals surface area (Å²) >= 11 is 0. The Hall–Kier alpha value is -2.56. The minimum atomic E-state index is -0.606. The van der Waals surface area contributed by atoms with Gasteiger partial charge in [0.25, 0.3) is 0 Å². The lowest BCUT2D eigenvalue weighted by molar-refractivity contribution is -0.131. The minimum absolute atomic E-state index is 0.0703. The van der Waals surface area contributed by atoms with Gasteiger partial charge in [0, 0.05) is 12.3 Å². The third-order valence-electron chi connectivity index (χ3n) is 4.29. The molecule has 2 aromatic rings. The summed E-state index contributed by atoms with van der Waals surface area (Å²) in [5.41, 5.74) is 1.01. The van der Waals surface area contributed by atoms with Gasteiger partial charge >= 0.3 is 0 Å². The summed E-state index contributed by atoms with van der Waals surface area (Å²) in [5, 5.41) is 5.75. The lowest BCUT2D eigenvalue weighted by Gasteiger charge is -2.21. The van der Waals surface area contributed by atoms with Crippen molar-refractivity contribution in [3.63, 3.8) is 0 Å². The summed E-state index contributed by atoms with van der Waals surface area (Å²) in [5.74, 6) is 0.327. The fourth-order valence-electron chi connectivity index (χ4n) is 2.72. The molecule has 2 N–H and O–H groups in total. The van der Waals surface area contributed by atoms with Gasteiger partial charge in [-0.3, -0.25) is 9.59 Å². The molecule has 134 valence electrons. The van der Waals surface area contributed by atoms with Crippen LogP contribution in [0, 0.1) is 5.92 Å². The van der Waals surface area contributed by atoms with Crippen LogP contribution in [-0.4, -0.2) is 17.9 Å². The van der Waals surface area contributed by atoms with Gasteiger partial charge in [0.05, 0.1) is 12.8 Å². The van der Waals surface area contributed by atoms with E-state index in [-0.39, 0.29) is 17.7 Å². The fraction of sp³-hybridized carbons (Fsp3) is 0.400. The van der Waals surface area contributed by atoms with Gasteiger partial charge in [-0.2, -0.15) is 0 Å². The SMILES string of the molecule is CCC(CC)C(=O)N[C@@H](Cc1ccccc1)C(=O)NCc1ccco1. The van der Waals surface area contributed by atoms with Crippen LogP contribution < -0.4 is 10.6 Å². The molecule has 0 radical (unpaired) electrons. The average Bonchev–Trinajstić information content (AvgIpc) is 3.14. The molecular weight excluding hydrogens is 316 g/mol. The molecule has 0 aliphatic carbocycles. The van der Waals surface area contributed by atoms with E-state index in [9.17, 15) is 9.59 Å². The first kappa shape index (κ1) is 18.8. The minimum Gasteiger partial charge on any atom is -0.467 e. The van der Waals surface area contributed by atoms with Crippen LogP contribution in [0.25, 0.3) is 0 Å². The van der Waals surface area contributed by atoms with E-state index in [0.717, 1.165) is 18.4 Å². The molecule has 5 heteroatoms. The van der Waals surface area contributed by atoms with Gasteiger partial charge < -0.3 is 15.1 Å². The average molecular weight is 342 g/mol. The summed E-state index contributed by atoms with van der Waals surface area (Å²) in [6.07, 6.45) is 3.54. The summed E-state index contributed by atoms with van der Waals surface area (Å²) < 4.78 is 5.23. The number of carbonyl (C=O) groups excluding carboxylic acids is 2. The highest BCUT2D eigenvalue weighted by Gasteiger charge is 2.24. The molecule has 1 aromatic heterocycles. The van der Waals surface area contributed by atoms with Crippen molar-refractivity contribution in [2.75, 3.05) is 0 Å². The Labute approximate surface area is 148 Å². The smallest absolute Gasteiger partial charge is 0.243 e. The molecule has 0 saturated carbocycles. The molecule has 0 spiro atoms. The Bertz CT molecular complexity index is 649. The van der Waals surface area contributed by atoms with Gasteiger partial charge in [0.2, 0.25) is 11.8 Å². The summed E-state index contributed by atoms with van der Waals surface area (Å²) in [6.45, 7) is 4.27. The normalized spacial score (nSPS) is 12.0. The lowest BCUT2D eigenvalue weighted by atomic mass is 10.00. The molecule has 0 bridgehead atoms. The first-order valence-electron chi connectivity index (χ1n) is 8.78. The largest absolute Gasteiger partial charge is 0.467 e. The monoisotopic (exact) mass is 342 g/mol. The number of hydrogen-bond acceptors (Lipinski definition) is 3. The molecule has 0 aliphatic rings. The van der Waals surface area contributed by atoms with E-state index in [1.807, 2.05) is 44.2 Å². The number of nitrogens with one attached hydrogen (secondary N) is 2. The van der Waals surface area contributed by atoms with Gasteiger partial charge in [0.15, 0.2) is 0 Å². The van der Waals surface area contributed by atoms with Crippen molar-refractivity contribution in [3.05, 3.63) is 60.1 Å². The molecule has 0 unspecified atom stereocenters. The maximum atomic E-state index is 12.6. The number of hydrogen-bond donors (Lipinski definition) is 2. The van der Waals surface area contributed by atoms with Crippen LogP contribution in [0.2, 0.25) is 0 Å². The van der Waals surface area contributed by atoms with E-state index in [1.165, 1.54) is 0 Å². The maximum absolute atomic E-state index is 12.6. The van der Waals surface area contributed by atoms with Crippen LogP contribution in [0.1, 0.15) is 38.0 Å². The molecule has 5 nitrogen and oxygen atoms in total. The standard InChI is InChI=1S/C20H26N2O3/c1-3-16(4-2)19(23)22-18(13-15-9-6-5-7-10-15)20(24)21-14-17-11-8-12-25-17/h5-12,16,18H,3-4,13-14H2,1-2H3,(H,21,24)(H,22,23)/t18-/m0/s1. The Kier molecular flexibility index (Phi) is 7.26. The van der Waals surface area contributed by atoms with Gasteiger partial charge in [-0.05, 0) is 30.5 Å². The van der Waals surface area contributed by atoms with Gasteiger partial charge in [-0.25, -0.2) is 0 Å². The third kappa shape index (κ3) is 5.78. The molecule has 1 aromatic carbocycles. The van der Waals surface area contributed by atoms with Crippen molar-refractivity contribution < 1.29 is 14.0 Å². The Morgan fingerprint density at radius 1 is 1.00 bits per heavy atom. The Morgan fingerprint density at radius 3 is 2.32 bits per heavy atom. The molecule has 0 fully saturated rings. The number of benzene rings is 1. The predicted octanol–water partition coefficient (Wildman–Crippen LogP) is 3.06. The molecule has 0 saturated heterocycles. The van der Waals surface area contributed by atoms with Crippen LogP contribution in [0.5, 0.6) is 0 Å². The zero-order chi connectivity index (χ0) is 18.1. The molecule has 0 aliphatic heterocycles. The third-order valence-corrected chi connectivity index (χ3v) is 4.29. The first-order chi connectivity index (χ1) is 12.1. The number of amides is 2. The van der Waals surface area contributed by atoms with Crippen molar-refractivity contribution in [1.29, 1.82) is 0 Å². The van der Waals surface area contributed by atoms with Crippen molar-refractivity contribution >= 4 is 11.8 Å². The van der Waals surface area contributed by atoms with Gasteiger partial charge in [-0.15, -0.1) is 0 Å². The molecule has 1 heterocycles. The molecule has 1 atom stereocenters. The van der Waals surface area contributed by atoms with E-state index < -0.39 is 6.04 Å². The highest BCUT2D eigenvalue weighted by Crippen LogP contribution is 2.10. The second-order valence-electron chi connectivity index (χ2n) is 6.06. The van der Waals surface area contributed by atoms with Crippen LogP contribution in [-0.2, 0) is 22.6 Å². The van der Waals surface area contributed by atoms with Crippen molar-refractivity contribution in [2.24, 2.45) is 5.92 Å². The first-order valence-corrected chi connectivity index (χ1v) is 8.78. The summed E-state index contributed by atoms with van der Waals surface area (Å²) in [4.78, 5) is 25.0. The number of rotatable bonds is 9. The highest BCUT2D eigenvalue weighted by molar-refractivity contribution is 5.88. The van der Waals surface area contributed by atoms with Crippen LogP contribution in [0.3, 0.4) is 0 Å². The zero-order valence-electron chi connectivity index (χ0n) is 14.8. The number of furan rings is 1. The van der Waals surface area contributed by atoms with Crippen molar-refractivity contribution in [1.82, 2.24) is 10.6 Å². The Balaban J connectivity index is 2.04. The zero-order valence-corrected chi connectivity index (χ0v) is 14.8. The highest BCUT2D eigenvalue weighted by atomic mass is 16.3. The van der Waals surface area contributed by atoms with Gasteiger partial charge in [-0.1, -0.05) is 44.2 Å². The van der Waals surface area contributed by atoms with E-state index in [4.69, 9.17) is 4.42 Å². The van der Waals surface area contributed by atoms with Crippen LogP contribution >= 0.6 is 0 Å². The fourth-order valence-corrected chi connectivity index (χ4v) is 2.72. The van der Waals surface area contributed by atoms with Gasteiger partial charge in [0.1, 0.15) is 11.8 Å². The second-order valence-corrected chi connectivity index (χ2v) is 6.06. The molecular formula is C20H26N2O3. The van der Waals surface area contributed by atoms with E-state index in [2.05, 4.69) is 10.6 Å².